The third kappa shape index (κ3) is 5.14. The maximum absolute atomic E-state index is 11.8. The molecular weight excluding hydrogens is 428 g/mol. The lowest BCUT2D eigenvalue weighted by atomic mass is 10.2. The van der Waals surface area contributed by atoms with Gasteiger partial charge in [-0.25, -0.2) is 4.79 Å². The van der Waals surface area contributed by atoms with Crippen LogP contribution in [0.2, 0.25) is 5.02 Å². The normalized spacial score (nSPS) is 11.0. The smallest absolute Gasteiger partial charge is 0.342 e. The molecule has 0 radical (unpaired) electrons. The largest absolute Gasteiger partial charge is 0.496 e. The van der Waals surface area contributed by atoms with Gasteiger partial charge in [0.25, 0.3) is 11.1 Å². The van der Waals surface area contributed by atoms with Crippen LogP contribution in [0.15, 0.2) is 57.0 Å². The van der Waals surface area contributed by atoms with Crippen molar-refractivity contribution < 1.29 is 23.8 Å². The molecule has 1 aromatic heterocycles. The Bertz CT molecular complexity index is 1140. The Morgan fingerprint density at radius 1 is 1.30 bits per heavy atom. The van der Waals surface area contributed by atoms with Crippen LogP contribution in [-0.4, -0.2) is 35.0 Å². The molecule has 0 unspecified atom stereocenters. The van der Waals surface area contributed by atoms with Gasteiger partial charge in [-0.2, -0.15) is 0 Å². The third-order valence-corrected chi connectivity index (χ3v) is 4.81. The molecule has 152 valence electrons. The number of para-hydroxylation sites is 1. The average Bonchev–Trinajstić information content (AvgIpc) is 3.21. The molecular formula is C21H15ClN2O5S. The molecule has 0 aliphatic carbocycles. The molecule has 0 saturated carbocycles. The van der Waals surface area contributed by atoms with Gasteiger partial charge in [0, 0.05) is 10.6 Å². The number of hydrogen-bond donors (Lipinski definition) is 1. The van der Waals surface area contributed by atoms with Crippen LogP contribution in [0, 0.1) is 12.3 Å². The Morgan fingerprint density at radius 2 is 2.10 bits per heavy atom. The number of aromatic nitrogens is 2. The molecule has 3 rings (SSSR count). The van der Waals surface area contributed by atoms with Gasteiger partial charge in [-0.1, -0.05) is 35.7 Å². The number of nitrogens with zero attached hydrogens (tertiary/aromatic N) is 2. The minimum Gasteiger partial charge on any atom is -0.496 e. The van der Waals surface area contributed by atoms with Crippen LogP contribution in [0.4, 0.5) is 0 Å². The van der Waals surface area contributed by atoms with Crippen LogP contribution < -0.4 is 9.47 Å². The monoisotopic (exact) mass is 442 g/mol. The van der Waals surface area contributed by atoms with Crippen LogP contribution in [0.25, 0.3) is 17.5 Å². The van der Waals surface area contributed by atoms with E-state index in [4.69, 9.17) is 31.9 Å². The Morgan fingerprint density at radius 3 is 2.83 bits per heavy atom. The van der Waals surface area contributed by atoms with Crippen molar-refractivity contribution in [2.24, 2.45) is 0 Å². The summed E-state index contributed by atoms with van der Waals surface area (Å²) < 4.78 is 16.4. The van der Waals surface area contributed by atoms with E-state index in [1.54, 1.807) is 42.5 Å². The van der Waals surface area contributed by atoms with E-state index in [0.717, 1.165) is 11.8 Å². The number of aliphatic carboxylic acids is 1. The summed E-state index contributed by atoms with van der Waals surface area (Å²) in [5.41, 5.74) is 1.05. The van der Waals surface area contributed by atoms with E-state index in [1.807, 2.05) is 0 Å². The van der Waals surface area contributed by atoms with Crippen LogP contribution in [0.1, 0.15) is 5.56 Å². The first-order chi connectivity index (χ1) is 14.5. The zero-order valence-corrected chi connectivity index (χ0v) is 17.2. The van der Waals surface area contributed by atoms with Crippen molar-refractivity contribution in [1.29, 1.82) is 0 Å². The highest BCUT2D eigenvalue weighted by Crippen LogP contribution is 2.35. The molecule has 30 heavy (non-hydrogen) atoms. The van der Waals surface area contributed by atoms with E-state index in [0.29, 0.717) is 27.6 Å². The molecule has 0 fully saturated rings. The van der Waals surface area contributed by atoms with Crippen molar-refractivity contribution in [2.45, 2.75) is 5.22 Å². The highest BCUT2D eigenvalue weighted by atomic mass is 35.5. The molecule has 9 heteroatoms. The Labute approximate surface area is 181 Å². The summed E-state index contributed by atoms with van der Waals surface area (Å²) in [5.74, 6) is 2.32. The van der Waals surface area contributed by atoms with Gasteiger partial charge in [0.1, 0.15) is 23.0 Å². The van der Waals surface area contributed by atoms with E-state index in [-0.39, 0.29) is 22.6 Å². The third-order valence-electron chi connectivity index (χ3n) is 3.72. The average molecular weight is 443 g/mol. The van der Waals surface area contributed by atoms with Gasteiger partial charge in [0.05, 0.1) is 12.7 Å². The lowest BCUT2D eigenvalue weighted by Crippen LogP contribution is -1.99. The van der Waals surface area contributed by atoms with Gasteiger partial charge >= 0.3 is 5.97 Å². The lowest BCUT2D eigenvalue weighted by Gasteiger charge is -2.07. The second-order valence-corrected chi connectivity index (χ2v) is 7.09. The summed E-state index contributed by atoms with van der Waals surface area (Å²) in [6.07, 6.45) is 6.67. The molecule has 1 heterocycles. The summed E-state index contributed by atoms with van der Waals surface area (Å²) in [6.45, 7) is 0.0644. The van der Waals surface area contributed by atoms with Gasteiger partial charge in [0.15, 0.2) is 0 Å². The summed E-state index contributed by atoms with van der Waals surface area (Å²) in [4.78, 5) is 11.7. The number of ether oxygens (including phenoxy) is 2. The highest BCUT2D eigenvalue weighted by molar-refractivity contribution is 8.03. The van der Waals surface area contributed by atoms with E-state index >= 15 is 0 Å². The Balaban J connectivity index is 1.90. The number of thioether (sulfide) groups is 1. The molecule has 7 nitrogen and oxygen atoms in total. The minimum atomic E-state index is -1.16. The maximum atomic E-state index is 11.8. The molecule has 0 bridgehead atoms. The summed E-state index contributed by atoms with van der Waals surface area (Å²) in [7, 11) is 1.50. The minimum absolute atomic E-state index is 0.0417. The van der Waals surface area contributed by atoms with Crippen molar-refractivity contribution in [1.82, 2.24) is 10.2 Å². The molecule has 0 saturated heterocycles. The topological polar surface area (TPSA) is 94.7 Å². The zero-order chi connectivity index (χ0) is 21.5. The van der Waals surface area contributed by atoms with Crippen molar-refractivity contribution >= 4 is 35.4 Å². The fourth-order valence-electron chi connectivity index (χ4n) is 2.43. The van der Waals surface area contributed by atoms with Crippen LogP contribution >= 0.6 is 23.4 Å². The Hall–Kier alpha value is -3.41. The molecule has 2 aromatic carbocycles. The van der Waals surface area contributed by atoms with Gasteiger partial charge in [-0.15, -0.1) is 16.6 Å². The molecule has 0 amide bonds. The molecule has 0 atom stereocenters. The first kappa shape index (κ1) is 21.3. The van der Waals surface area contributed by atoms with E-state index in [9.17, 15) is 9.90 Å². The first-order valence-electron chi connectivity index (χ1n) is 8.47. The predicted molar refractivity (Wildman–Crippen MR) is 114 cm³/mol. The van der Waals surface area contributed by atoms with Crippen LogP contribution in [-0.2, 0) is 4.79 Å². The molecule has 1 N–H and O–H groups in total. The molecule has 0 aliphatic heterocycles. The number of hydrogen-bond acceptors (Lipinski definition) is 7. The standard InChI is InChI=1S/C21H15ClN2O5S/c1-3-10-28-16-7-5-4-6-13(16)11-18(20(25)26)30-21-24-23-19(29-21)15-12-14(22)8-9-17(15)27-2/h1,4-9,11-12H,10H2,2H3,(H,25,26)/b18-11-. The number of benzene rings is 2. The predicted octanol–water partition coefficient (Wildman–Crippen LogP) is 4.63. The van der Waals surface area contributed by atoms with Gasteiger partial charge < -0.3 is 19.0 Å². The number of rotatable bonds is 8. The Kier molecular flexibility index (Phi) is 7.01. The van der Waals surface area contributed by atoms with E-state index in [2.05, 4.69) is 16.1 Å². The molecule has 3 aromatic rings. The maximum Gasteiger partial charge on any atom is 0.342 e. The fraction of sp³-hybridized carbons (Fsp3) is 0.0952. The fourth-order valence-corrected chi connectivity index (χ4v) is 3.26. The number of halogens is 1. The number of carboxylic acid groups (broad SMARTS) is 1. The quantitative estimate of drug-likeness (QED) is 0.306. The van der Waals surface area contributed by atoms with Crippen molar-refractivity contribution in [2.75, 3.05) is 13.7 Å². The van der Waals surface area contributed by atoms with Crippen molar-refractivity contribution in [3.63, 3.8) is 0 Å². The first-order valence-corrected chi connectivity index (χ1v) is 9.67. The number of terminal acetylenes is 1. The van der Waals surface area contributed by atoms with Gasteiger partial charge in [0.2, 0.25) is 0 Å². The van der Waals surface area contributed by atoms with Gasteiger partial charge in [-0.3, -0.25) is 0 Å². The van der Waals surface area contributed by atoms with Crippen LogP contribution in [0.3, 0.4) is 0 Å². The second kappa shape index (κ2) is 9.87. The zero-order valence-electron chi connectivity index (χ0n) is 15.7. The molecule has 0 spiro atoms. The van der Waals surface area contributed by atoms with E-state index in [1.165, 1.54) is 13.2 Å². The number of carboxylic acids is 1. The SMILES string of the molecule is C#CCOc1ccccc1/C=C(\Sc1nnc(-c2cc(Cl)ccc2OC)o1)C(=O)O. The highest BCUT2D eigenvalue weighted by Gasteiger charge is 2.19. The number of carbonyl (C=O) groups is 1. The number of methoxy groups -OCH3 is 1. The molecule has 0 aliphatic rings. The summed E-state index contributed by atoms with van der Waals surface area (Å²) >= 11 is 6.85. The second-order valence-electron chi connectivity index (χ2n) is 5.66. The van der Waals surface area contributed by atoms with Crippen LogP contribution in [0.5, 0.6) is 11.5 Å². The van der Waals surface area contributed by atoms with Crippen molar-refractivity contribution in [3.8, 4) is 35.3 Å². The lowest BCUT2D eigenvalue weighted by molar-refractivity contribution is -0.131. The summed E-state index contributed by atoms with van der Waals surface area (Å²) in [5, 5.41) is 18.0. The van der Waals surface area contributed by atoms with Gasteiger partial charge in [-0.05, 0) is 42.1 Å². The summed E-state index contributed by atoms with van der Waals surface area (Å²) in [6, 6.07) is 11.9. The van der Waals surface area contributed by atoms with E-state index < -0.39 is 5.97 Å². The van der Waals surface area contributed by atoms with Crippen molar-refractivity contribution in [3.05, 3.63) is 58.0 Å².